The lowest BCUT2D eigenvalue weighted by Gasteiger charge is -2.35. The van der Waals surface area contributed by atoms with Gasteiger partial charge >= 0.3 is 0 Å². The monoisotopic (exact) mass is 233 g/mol. The van der Waals surface area contributed by atoms with E-state index in [4.69, 9.17) is 23.2 Å². The number of nitrogens with one attached hydrogen (secondary N) is 1. The molecule has 0 spiro atoms. The molecule has 1 aliphatic heterocycles. The molecule has 0 atom stereocenters. The van der Waals surface area contributed by atoms with Crippen molar-refractivity contribution in [2.24, 2.45) is 0 Å². The van der Waals surface area contributed by atoms with Gasteiger partial charge in [0.15, 0.2) is 0 Å². The third kappa shape index (κ3) is 2.02. The fourth-order valence-corrected chi connectivity index (χ4v) is 1.92. The van der Waals surface area contributed by atoms with Crippen LogP contribution in [0, 0.1) is 0 Å². The molecule has 1 N–H and O–H groups in total. The molecule has 1 heterocycles. The van der Waals surface area contributed by atoms with Crippen LogP contribution in [0.3, 0.4) is 0 Å². The van der Waals surface area contributed by atoms with Crippen LogP contribution in [0.5, 0.6) is 0 Å². The van der Waals surface area contributed by atoms with Crippen molar-refractivity contribution in [2.75, 3.05) is 13.1 Å². The van der Waals surface area contributed by atoms with E-state index in [9.17, 15) is 4.39 Å². The molecule has 76 valence electrons. The molecule has 0 bridgehead atoms. The van der Waals surface area contributed by atoms with Crippen LogP contribution in [0.4, 0.5) is 4.39 Å². The van der Waals surface area contributed by atoms with E-state index in [0.29, 0.717) is 29.6 Å². The Bertz CT molecular complexity index is 350. The number of rotatable bonds is 2. The molecule has 1 aromatic carbocycles. The summed E-state index contributed by atoms with van der Waals surface area (Å²) in [6.45, 7) is 0.797. The van der Waals surface area contributed by atoms with Gasteiger partial charge in [-0.05, 0) is 23.8 Å². The first-order chi connectivity index (χ1) is 6.59. The first-order valence-electron chi connectivity index (χ1n) is 4.43. The smallest absolute Gasteiger partial charge is 0.139 e. The van der Waals surface area contributed by atoms with E-state index in [2.05, 4.69) is 5.32 Å². The second kappa shape index (κ2) is 3.69. The third-order valence-electron chi connectivity index (χ3n) is 2.40. The van der Waals surface area contributed by atoms with Gasteiger partial charge in [-0.2, -0.15) is 0 Å². The minimum absolute atomic E-state index is 0.333. The molecule has 4 heteroatoms. The minimum Gasteiger partial charge on any atom is -0.310 e. The van der Waals surface area contributed by atoms with Crippen LogP contribution in [0.25, 0.3) is 0 Å². The summed E-state index contributed by atoms with van der Waals surface area (Å²) < 4.78 is 13.7. The van der Waals surface area contributed by atoms with Gasteiger partial charge in [-0.3, -0.25) is 0 Å². The van der Waals surface area contributed by atoms with Gasteiger partial charge in [-0.25, -0.2) is 4.39 Å². The average Bonchev–Trinajstić information content (AvgIpc) is 2.09. The van der Waals surface area contributed by atoms with E-state index in [1.807, 2.05) is 0 Å². The van der Waals surface area contributed by atoms with Gasteiger partial charge in [0, 0.05) is 29.6 Å². The summed E-state index contributed by atoms with van der Waals surface area (Å²) >= 11 is 11.7. The molecule has 2 rings (SSSR count). The van der Waals surface area contributed by atoms with Gasteiger partial charge in [0.05, 0.1) is 0 Å². The fourth-order valence-electron chi connectivity index (χ4n) is 1.54. The zero-order valence-electron chi connectivity index (χ0n) is 7.49. The highest BCUT2D eigenvalue weighted by atomic mass is 35.5. The second-order valence-corrected chi connectivity index (χ2v) is 4.51. The van der Waals surface area contributed by atoms with Crippen LogP contribution in [0.1, 0.15) is 5.56 Å². The number of hydrogen-bond donors (Lipinski definition) is 1. The molecule has 14 heavy (non-hydrogen) atoms. The van der Waals surface area contributed by atoms with Gasteiger partial charge in [0.25, 0.3) is 0 Å². The Kier molecular flexibility index (Phi) is 2.69. The van der Waals surface area contributed by atoms with Crippen molar-refractivity contribution >= 4 is 23.2 Å². The predicted octanol–water partition coefficient (Wildman–Crippen LogP) is 2.85. The number of alkyl halides is 1. The van der Waals surface area contributed by atoms with Crippen molar-refractivity contribution in [2.45, 2.75) is 12.1 Å². The molecule has 1 saturated heterocycles. The van der Waals surface area contributed by atoms with Crippen LogP contribution in [-0.2, 0) is 6.42 Å². The lowest BCUT2D eigenvalue weighted by Crippen LogP contribution is -2.57. The molecule has 0 amide bonds. The molecule has 0 radical (unpaired) electrons. The Morgan fingerprint density at radius 3 is 2.64 bits per heavy atom. The summed E-state index contributed by atoms with van der Waals surface area (Å²) in [4.78, 5) is 0. The lowest BCUT2D eigenvalue weighted by atomic mass is 9.91. The summed E-state index contributed by atoms with van der Waals surface area (Å²) in [5.41, 5.74) is -0.364. The van der Waals surface area contributed by atoms with Crippen LogP contribution >= 0.6 is 23.2 Å². The number of benzene rings is 1. The van der Waals surface area contributed by atoms with Gasteiger partial charge < -0.3 is 5.32 Å². The number of halogens is 3. The molecule has 0 saturated carbocycles. The van der Waals surface area contributed by atoms with Crippen LogP contribution in [-0.4, -0.2) is 18.8 Å². The average molecular weight is 234 g/mol. The second-order valence-electron chi connectivity index (χ2n) is 3.67. The van der Waals surface area contributed by atoms with E-state index in [0.717, 1.165) is 5.56 Å². The summed E-state index contributed by atoms with van der Waals surface area (Å²) in [6, 6.07) is 5.13. The molecule has 1 nitrogen and oxygen atoms in total. The standard InChI is InChI=1S/C10H10Cl2FN/c11-8-1-2-9(12)7(3-8)4-10(13)5-14-6-10/h1-3,14H,4-6H2. The zero-order chi connectivity index (χ0) is 10.2. The molecule has 0 unspecified atom stereocenters. The largest absolute Gasteiger partial charge is 0.310 e. The Labute approximate surface area is 92.2 Å². The molecule has 1 fully saturated rings. The normalized spacial score (nSPS) is 19.1. The van der Waals surface area contributed by atoms with E-state index in [1.54, 1.807) is 18.2 Å². The van der Waals surface area contributed by atoms with Crippen LogP contribution in [0.2, 0.25) is 10.0 Å². The molecular weight excluding hydrogens is 224 g/mol. The highest BCUT2D eigenvalue weighted by molar-refractivity contribution is 6.33. The minimum atomic E-state index is -1.14. The van der Waals surface area contributed by atoms with Crippen molar-refractivity contribution in [1.29, 1.82) is 0 Å². The summed E-state index contributed by atoms with van der Waals surface area (Å²) in [7, 11) is 0. The van der Waals surface area contributed by atoms with Crippen molar-refractivity contribution < 1.29 is 4.39 Å². The maximum absolute atomic E-state index is 13.7. The summed E-state index contributed by atoms with van der Waals surface area (Å²) in [6.07, 6.45) is 0.333. The van der Waals surface area contributed by atoms with Gasteiger partial charge in [-0.1, -0.05) is 23.2 Å². The molecular formula is C10H10Cl2FN. The Hall–Kier alpha value is -0.310. The highest BCUT2D eigenvalue weighted by Crippen LogP contribution is 2.28. The first-order valence-corrected chi connectivity index (χ1v) is 5.18. The summed E-state index contributed by atoms with van der Waals surface area (Å²) in [5.74, 6) is 0. The zero-order valence-corrected chi connectivity index (χ0v) is 9.00. The fraction of sp³-hybridized carbons (Fsp3) is 0.400. The molecule has 0 aromatic heterocycles. The Balaban J connectivity index is 2.19. The van der Waals surface area contributed by atoms with Crippen molar-refractivity contribution in [1.82, 2.24) is 5.32 Å². The molecule has 1 aliphatic rings. The van der Waals surface area contributed by atoms with E-state index < -0.39 is 5.67 Å². The SMILES string of the molecule is FC1(Cc2cc(Cl)ccc2Cl)CNC1. The van der Waals surface area contributed by atoms with Gasteiger partial charge in [0.1, 0.15) is 5.67 Å². The number of hydrogen-bond acceptors (Lipinski definition) is 1. The first kappa shape index (κ1) is 10.2. The van der Waals surface area contributed by atoms with E-state index in [-0.39, 0.29) is 0 Å². The molecule has 1 aromatic rings. The van der Waals surface area contributed by atoms with Crippen molar-refractivity contribution in [3.05, 3.63) is 33.8 Å². The Morgan fingerprint density at radius 1 is 1.36 bits per heavy atom. The van der Waals surface area contributed by atoms with Crippen molar-refractivity contribution in [3.63, 3.8) is 0 Å². The topological polar surface area (TPSA) is 12.0 Å². The van der Waals surface area contributed by atoms with Crippen molar-refractivity contribution in [3.8, 4) is 0 Å². The quantitative estimate of drug-likeness (QED) is 0.829. The van der Waals surface area contributed by atoms with Crippen LogP contribution in [0.15, 0.2) is 18.2 Å². The third-order valence-corrected chi connectivity index (χ3v) is 3.00. The van der Waals surface area contributed by atoms with E-state index >= 15 is 0 Å². The molecule has 0 aliphatic carbocycles. The maximum Gasteiger partial charge on any atom is 0.139 e. The van der Waals surface area contributed by atoms with Gasteiger partial charge in [0.2, 0.25) is 0 Å². The van der Waals surface area contributed by atoms with E-state index in [1.165, 1.54) is 0 Å². The highest BCUT2D eigenvalue weighted by Gasteiger charge is 2.37. The lowest BCUT2D eigenvalue weighted by molar-refractivity contribution is 0.0912. The van der Waals surface area contributed by atoms with Crippen LogP contribution < -0.4 is 5.32 Å². The van der Waals surface area contributed by atoms with Gasteiger partial charge in [-0.15, -0.1) is 0 Å². The predicted molar refractivity (Wildman–Crippen MR) is 56.9 cm³/mol. The summed E-state index contributed by atoms with van der Waals surface area (Å²) in [5, 5.41) is 4.08. The maximum atomic E-state index is 13.7. The Morgan fingerprint density at radius 2 is 2.07 bits per heavy atom.